The summed E-state index contributed by atoms with van der Waals surface area (Å²) in [6.45, 7) is 6.69. The van der Waals surface area contributed by atoms with Crippen molar-refractivity contribution in [3.8, 4) is 11.5 Å². The summed E-state index contributed by atoms with van der Waals surface area (Å²) in [5, 5.41) is 3.98. The monoisotopic (exact) mass is 333 g/mol. The quantitative estimate of drug-likeness (QED) is 0.803. The molecular formula is C17H23N3O4. The molecule has 1 aliphatic rings. The summed E-state index contributed by atoms with van der Waals surface area (Å²) in [7, 11) is 1.63. The second-order valence-corrected chi connectivity index (χ2v) is 5.99. The highest BCUT2D eigenvalue weighted by atomic mass is 16.5. The van der Waals surface area contributed by atoms with Crippen LogP contribution in [0.25, 0.3) is 0 Å². The van der Waals surface area contributed by atoms with Gasteiger partial charge in [-0.05, 0) is 38.1 Å². The van der Waals surface area contributed by atoms with E-state index in [4.69, 9.17) is 18.7 Å². The smallest absolute Gasteiger partial charge is 0.240 e. The van der Waals surface area contributed by atoms with Gasteiger partial charge < -0.3 is 18.7 Å². The Morgan fingerprint density at radius 3 is 2.71 bits per heavy atom. The summed E-state index contributed by atoms with van der Waals surface area (Å²) in [5.74, 6) is 2.66. The lowest BCUT2D eigenvalue weighted by Crippen LogP contribution is -2.46. The Hall–Kier alpha value is -2.12. The van der Waals surface area contributed by atoms with Crippen LogP contribution in [0.2, 0.25) is 0 Å². The summed E-state index contributed by atoms with van der Waals surface area (Å²) in [4.78, 5) is 6.69. The molecule has 7 nitrogen and oxygen atoms in total. The lowest BCUT2D eigenvalue weighted by molar-refractivity contribution is -0.0555. The van der Waals surface area contributed by atoms with Crippen molar-refractivity contribution in [2.45, 2.75) is 39.1 Å². The van der Waals surface area contributed by atoms with Crippen LogP contribution in [-0.2, 0) is 17.9 Å². The Kier molecular flexibility index (Phi) is 5.32. The maximum Gasteiger partial charge on any atom is 0.240 e. The molecule has 130 valence electrons. The average molecular weight is 333 g/mol. The van der Waals surface area contributed by atoms with Crippen LogP contribution in [0.15, 0.2) is 28.8 Å². The first kappa shape index (κ1) is 16.7. The van der Waals surface area contributed by atoms with Crippen LogP contribution in [0.4, 0.5) is 0 Å². The zero-order chi connectivity index (χ0) is 16.9. The van der Waals surface area contributed by atoms with E-state index in [0.717, 1.165) is 24.7 Å². The molecule has 3 rings (SSSR count). The molecule has 7 heteroatoms. The van der Waals surface area contributed by atoms with Crippen molar-refractivity contribution in [2.75, 3.05) is 20.3 Å². The number of methoxy groups -OCH3 is 1. The molecule has 0 bridgehead atoms. The number of aromatic nitrogens is 2. The Labute approximate surface area is 141 Å². The van der Waals surface area contributed by atoms with Crippen molar-refractivity contribution in [1.82, 2.24) is 15.0 Å². The maximum absolute atomic E-state index is 5.66. The van der Waals surface area contributed by atoms with Gasteiger partial charge in [-0.3, -0.25) is 4.90 Å². The SMILES string of the molecule is COc1ccc(OCc2noc(CN3C[C@@H](C)OC[C@H]3C)n2)cc1. The van der Waals surface area contributed by atoms with Crippen molar-refractivity contribution >= 4 is 0 Å². The molecule has 1 aromatic carbocycles. The van der Waals surface area contributed by atoms with E-state index in [-0.39, 0.29) is 12.7 Å². The molecule has 0 N–H and O–H groups in total. The molecular weight excluding hydrogens is 310 g/mol. The number of benzene rings is 1. The molecule has 0 saturated carbocycles. The molecule has 1 aliphatic heterocycles. The zero-order valence-electron chi connectivity index (χ0n) is 14.3. The number of morpholine rings is 1. The van der Waals surface area contributed by atoms with Crippen LogP contribution in [-0.4, -0.2) is 47.4 Å². The first-order valence-corrected chi connectivity index (χ1v) is 8.08. The van der Waals surface area contributed by atoms with Crippen molar-refractivity contribution in [2.24, 2.45) is 0 Å². The van der Waals surface area contributed by atoms with Gasteiger partial charge in [0.25, 0.3) is 0 Å². The Morgan fingerprint density at radius 2 is 1.96 bits per heavy atom. The molecule has 1 saturated heterocycles. The van der Waals surface area contributed by atoms with Crippen LogP contribution in [0, 0.1) is 0 Å². The topological polar surface area (TPSA) is 69.9 Å². The van der Waals surface area contributed by atoms with Gasteiger partial charge >= 0.3 is 0 Å². The largest absolute Gasteiger partial charge is 0.497 e. The number of nitrogens with zero attached hydrogens (tertiary/aromatic N) is 3. The summed E-state index contributed by atoms with van der Waals surface area (Å²) >= 11 is 0. The Balaban J connectivity index is 1.53. The minimum Gasteiger partial charge on any atom is -0.497 e. The highest BCUT2D eigenvalue weighted by molar-refractivity contribution is 5.31. The predicted octanol–water partition coefficient (Wildman–Crippen LogP) is 2.27. The third-order valence-electron chi connectivity index (χ3n) is 4.01. The van der Waals surface area contributed by atoms with Crippen LogP contribution >= 0.6 is 0 Å². The highest BCUT2D eigenvalue weighted by Crippen LogP contribution is 2.18. The lowest BCUT2D eigenvalue weighted by atomic mass is 10.2. The average Bonchev–Trinajstić information content (AvgIpc) is 3.04. The third-order valence-corrected chi connectivity index (χ3v) is 4.01. The molecule has 2 aromatic rings. The van der Waals surface area contributed by atoms with Crippen LogP contribution in [0.1, 0.15) is 25.6 Å². The molecule has 24 heavy (non-hydrogen) atoms. The van der Waals surface area contributed by atoms with Gasteiger partial charge in [-0.25, -0.2) is 0 Å². The van der Waals surface area contributed by atoms with Crippen molar-refractivity contribution in [3.63, 3.8) is 0 Å². The van der Waals surface area contributed by atoms with Gasteiger partial charge in [0, 0.05) is 12.6 Å². The predicted molar refractivity (Wildman–Crippen MR) is 86.9 cm³/mol. The van der Waals surface area contributed by atoms with Gasteiger partial charge in [-0.2, -0.15) is 4.98 Å². The van der Waals surface area contributed by atoms with Gasteiger partial charge in [-0.1, -0.05) is 5.16 Å². The molecule has 1 fully saturated rings. The maximum atomic E-state index is 5.66. The molecule has 2 atom stereocenters. The van der Waals surface area contributed by atoms with Crippen LogP contribution < -0.4 is 9.47 Å². The number of ether oxygens (including phenoxy) is 3. The van der Waals surface area contributed by atoms with E-state index in [1.54, 1.807) is 7.11 Å². The van der Waals surface area contributed by atoms with E-state index in [2.05, 4.69) is 28.9 Å². The zero-order valence-corrected chi connectivity index (χ0v) is 14.3. The summed E-state index contributed by atoms with van der Waals surface area (Å²) in [6, 6.07) is 7.72. The normalized spacial score (nSPS) is 21.6. The minimum atomic E-state index is 0.224. The second-order valence-electron chi connectivity index (χ2n) is 5.99. The molecule has 0 radical (unpaired) electrons. The van der Waals surface area contributed by atoms with Crippen molar-refractivity contribution in [1.29, 1.82) is 0 Å². The van der Waals surface area contributed by atoms with Gasteiger partial charge in [-0.15, -0.1) is 0 Å². The Morgan fingerprint density at radius 1 is 1.21 bits per heavy atom. The summed E-state index contributed by atoms with van der Waals surface area (Å²) < 4.78 is 21.7. The fraction of sp³-hybridized carbons (Fsp3) is 0.529. The van der Waals surface area contributed by atoms with Gasteiger partial charge in [0.05, 0.1) is 26.4 Å². The van der Waals surface area contributed by atoms with E-state index in [1.165, 1.54) is 0 Å². The highest BCUT2D eigenvalue weighted by Gasteiger charge is 2.25. The van der Waals surface area contributed by atoms with E-state index >= 15 is 0 Å². The van der Waals surface area contributed by atoms with Crippen molar-refractivity contribution < 1.29 is 18.7 Å². The van der Waals surface area contributed by atoms with E-state index in [9.17, 15) is 0 Å². The number of rotatable bonds is 6. The van der Waals surface area contributed by atoms with Crippen molar-refractivity contribution in [3.05, 3.63) is 36.0 Å². The first-order chi connectivity index (χ1) is 11.6. The first-order valence-electron chi connectivity index (χ1n) is 8.08. The van der Waals surface area contributed by atoms with Gasteiger partial charge in [0.15, 0.2) is 6.61 Å². The van der Waals surface area contributed by atoms with E-state index in [1.807, 2.05) is 24.3 Å². The second kappa shape index (κ2) is 7.63. The Bertz CT molecular complexity index is 644. The molecule has 0 spiro atoms. The van der Waals surface area contributed by atoms with Crippen LogP contribution in [0.5, 0.6) is 11.5 Å². The standard InChI is InChI=1S/C17H23N3O4/c1-12-10-22-13(2)8-20(12)9-17-18-16(19-24-17)11-23-15-6-4-14(21-3)5-7-15/h4-7,12-13H,8-11H2,1-3H3/t12-,13-/m1/s1. The molecule has 1 aromatic heterocycles. The van der Waals surface area contributed by atoms with Gasteiger partial charge in [0.2, 0.25) is 11.7 Å². The van der Waals surface area contributed by atoms with E-state index in [0.29, 0.717) is 24.3 Å². The van der Waals surface area contributed by atoms with Crippen LogP contribution in [0.3, 0.4) is 0 Å². The number of hydrogen-bond donors (Lipinski definition) is 0. The van der Waals surface area contributed by atoms with E-state index < -0.39 is 0 Å². The molecule has 2 heterocycles. The summed E-state index contributed by atoms with van der Waals surface area (Å²) in [5.41, 5.74) is 0. The minimum absolute atomic E-state index is 0.224. The fourth-order valence-electron chi connectivity index (χ4n) is 2.60. The molecule has 0 unspecified atom stereocenters. The lowest BCUT2D eigenvalue weighted by Gasteiger charge is -2.35. The summed E-state index contributed by atoms with van der Waals surface area (Å²) in [6.07, 6.45) is 0.224. The third kappa shape index (κ3) is 4.24. The van der Waals surface area contributed by atoms with Gasteiger partial charge in [0.1, 0.15) is 11.5 Å². The number of hydrogen-bond acceptors (Lipinski definition) is 7. The fourth-order valence-corrected chi connectivity index (χ4v) is 2.60. The molecule has 0 aliphatic carbocycles. The molecule has 0 amide bonds.